The zero-order valence-electron chi connectivity index (χ0n) is 13.7. The molecule has 122 valence electrons. The summed E-state index contributed by atoms with van der Waals surface area (Å²) >= 11 is 0. The first-order valence-electron chi connectivity index (χ1n) is 8.89. The van der Waals surface area contributed by atoms with Gasteiger partial charge >= 0.3 is 0 Å². The Bertz CT molecular complexity index is 736. The molecule has 0 saturated heterocycles. The molecule has 2 aromatic heterocycles. The first kappa shape index (κ1) is 14.7. The summed E-state index contributed by atoms with van der Waals surface area (Å²) in [6, 6.07) is 0.281. The maximum Gasteiger partial charge on any atom is 0.256 e. The third-order valence-electron chi connectivity index (χ3n) is 5.50. The minimum Gasteiger partial charge on any atom is -0.349 e. The fraction of sp³-hybridized carbons (Fsp3) is 0.611. The molecule has 1 amide bonds. The molecule has 4 rings (SSSR count). The highest BCUT2D eigenvalue weighted by atomic mass is 16.1. The summed E-state index contributed by atoms with van der Waals surface area (Å²) in [6.07, 6.45) is 12.9. The van der Waals surface area contributed by atoms with Crippen molar-refractivity contribution in [2.45, 2.75) is 64.3 Å². The van der Waals surface area contributed by atoms with Gasteiger partial charge in [-0.25, -0.2) is 9.50 Å². The van der Waals surface area contributed by atoms with Gasteiger partial charge in [-0.15, -0.1) is 0 Å². The van der Waals surface area contributed by atoms with E-state index in [-0.39, 0.29) is 11.9 Å². The first-order chi connectivity index (χ1) is 11.2. The van der Waals surface area contributed by atoms with Crippen molar-refractivity contribution in [1.29, 1.82) is 0 Å². The van der Waals surface area contributed by atoms with Crippen LogP contribution in [0.25, 0.3) is 5.65 Å². The van der Waals surface area contributed by atoms with Crippen molar-refractivity contribution >= 4 is 11.6 Å². The van der Waals surface area contributed by atoms with Crippen molar-refractivity contribution in [3.05, 3.63) is 29.2 Å². The molecule has 0 aliphatic heterocycles. The minimum atomic E-state index is -0.0259. The molecule has 2 heterocycles. The lowest BCUT2D eigenvalue weighted by Gasteiger charge is -2.29. The molecule has 1 N–H and O–H groups in total. The third-order valence-corrected chi connectivity index (χ3v) is 5.50. The number of amides is 1. The second-order valence-electron chi connectivity index (χ2n) is 7.07. The SMILES string of the molecule is C[C@@H]1CCCC[C@H]1NC(=O)c1cnn2c3c(cnc12)CCCC3. The van der Waals surface area contributed by atoms with Gasteiger partial charge in [0.25, 0.3) is 5.91 Å². The standard InChI is InChI=1S/C18H24N4O/c1-12-6-2-4-8-15(12)21-18(23)14-11-20-22-16-9-5-3-7-13(16)10-19-17(14)22/h10-12,15H,2-9H2,1H3,(H,21,23)/t12-,15-/m1/s1. The molecule has 2 aliphatic rings. The summed E-state index contributed by atoms with van der Waals surface area (Å²) in [5.41, 5.74) is 3.81. The number of hydrogen-bond donors (Lipinski definition) is 1. The van der Waals surface area contributed by atoms with Crippen LogP contribution in [-0.2, 0) is 12.8 Å². The van der Waals surface area contributed by atoms with E-state index < -0.39 is 0 Å². The molecule has 1 fully saturated rings. The number of nitrogens with one attached hydrogen (secondary N) is 1. The van der Waals surface area contributed by atoms with Crippen LogP contribution in [0.2, 0.25) is 0 Å². The van der Waals surface area contributed by atoms with Gasteiger partial charge in [0.2, 0.25) is 0 Å². The van der Waals surface area contributed by atoms with Crippen LogP contribution in [0.1, 0.15) is 67.1 Å². The van der Waals surface area contributed by atoms with Gasteiger partial charge in [0.1, 0.15) is 5.56 Å². The molecular weight excluding hydrogens is 288 g/mol. The molecule has 0 spiro atoms. The highest BCUT2D eigenvalue weighted by molar-refractivity contribution is 5.99. The zero-order chi connectivity index (χ0) is 15.8. The summed E-state index contributed by atoms with van der Waals surface area (Å²) in [5.74, 6) is 0.525. The molecule has 2 aliphatic carbocycles. The van der Waals surface area contributed by atoms with Crippen LogP contribution >= 0.6 is 0 Å². The lowest BCUT2D eigenvalue weighted by Crippen LogP contribution is -2.41. The van der Waals surface area contributed by atoms with E-state index in [1.165, 1.54) is 43.4 Å². The van der Waals surface area contributed by atoms with Crippen molar-refractivity contribution in [3.63, 3.8) is 0 Å². The summed E-state index contributed by atoms with van der Waals surface area (Å²) in [6.45, 7) is 2.23. The third kappa shape index (κ3) is 2.62. The van der Waals surface area contributed by atoms with Crippen LogP contribution in [-0.4, -0.2) is 26.5 Å². The van der Waals surface area contributed by atoms with Crippen molar-refractivity contribution in [2.75, 3.05) is 0 Å². The van der Waals surface area contributed by atoms with E-state index in [9.17, 15) is 4.79 Å². The Kier molecular flexibility index (Phi) is 3.79. The number of hydrogen-bond acceptors (Lipinski definition) is 3. The maximum absolute atomic E-state index is 12.7. The monoisotopic (exact) mass is 312 g/mol. The van der Waals surface area contributed by atoms with Crippen molar-refractivity contribution in [3.8, 4) is 0 Å². The average molecular weight is 312 g/mol. The summed E-state index contributed by atoms with van der Waals surface area (Å²) in [7, 11) is 0. The van der Waals surface area contributed by atoms with E-state index in [1.54, 1.807) is 6.20 Å². The largest absolute Gasteiger partial charge is 0.349 e. The second-order valence-corrected chi connectivity index (χ2v) is 7.07. The van der Waals surface area contributed by atoms with E-state index in [0.717, 1.165) is 19.3 Å². The number of carbonyl (C=O) groups is 1. The first-order valence-corrected chi connectivity index (χ1v) is 8.89. The van der Waals surface area contributed by atoms with Gasteiger partial charge in [0.15, 0.2) is 5.65 Å². The van der Waals surface area contributed by atoms with Crippen molar-refractivity contribution in [1.82, 2.24) is 19.9 Å². The Morgan fingerprint density at radius 3 is 2.87 bits per heavy atom. The number of nitrogens with zero attached hydrogens (tertiary/aromatic N) is 3. The summed E-state index contributed by atoms with van der Waals surface area (Å²) in [5, 5.41) is 7.67. The number of fused-ring (bicyclic) bond motifs is 3. The number of carbonyl (C=O) groups excluding carboxylic acids is 1. The van der Waals surface area contributed by atoms with Crippen molar-refractivity contribution < 1.29 is 4.79 Å². The molecule has 2 atom stereocenters. The fourth-order valence-corrected chi connectivity index (χ4v) is 4.03. The van der Waals surface area contributed by atoms with E-state index in [4.69, 9.17) is 0 Å². The van der Waals surface area contributed by atoms with E-state index >= 15 is 0 Å². The minimum absolute atomic E-state index is 0.0259. The smallest absolute Gasteiger partial charge is 0.256 e. The molecular formula is C18H24N4O. The van der Waals surface area contributed by atoms with Crippen LogP contribution in [0.15, 0.2) is 12.4 Å². The average Bonchev–Trinajstić information content (AvgIpc) is 3.01. The van der Waals surface area contributed by atoms with Gasteiger partial charge in [0, 0.05) is 17.9 Å². The number of aromatic nitrogens is 3. The van der Waals surface area contributed by atoms with Crippen LogP contribution < -0.4 is 5.32 Å². The van der Waals surface area contributed by atoms with Gasteiger partial charge in [0.05, 0.1) is 6.20 Å². The molecule has 1 saturated carbocycles. The highest BCUT2D eigenvalue weighted by Crippen LogP contribution is 2.25. The predicted molar refractivity (Wildman–Crippen MR) is 88.5 cm³/mol. The van der Waals surface area contributed by atoms with E-state index in [1.807, 2.05) is 10.7 Å². The number of rotatable bonds is 2. The van der Waals surface area contributed by atoms with Gasteiger partial charge in [-0.1, -0.05) is 19.8 Å². The molecule has 0 unspecified atom stereocenters. The topological polar surface area (TPSA) is 59.3 Å². The van der Waals surface area contributed by atoms with E-state index in [0.29, 0.717) is 17.1 Å². The van der Waals surface area contributed by atoms with Crippen LogP contribution in [0.4, 0.5) is 0 Å². The lowest BCUT2D eigenvalue weighted by atomic mass is 9.86. The van der Waals surface area contributed by atoms with E-state index in [2.05, 4.69) is 22.3 Å². The molecule has 2 aromatic rings. The van der Waals surface area contributed by atoms with Gasteiger partial charge < -0.3 is 5.32 Å². The normalized spacial score (nSPS) is 24.4. The lowest BCUT2D eigenvalue weighted by molar-refractivity contribution is 0.0912. The molecule has 23 heavy (non-hydrogen) atoms. The second kappa shape index (κ2) is 5.95. The Balaban J connectivity index is 1.62. The number of aryl methyl sites for hydroxylation is 2. The van der Waals surface area contributed by atoms with Gasteiger partial charge in [-0.05, 0) is 50.0 Å². The molecule has 0 aromatic carbocycles. The Hall–Kier alpha value is -1.91. The molecule has 0 radical (unpaired) electrons. The molecule has 5 nitrogen and oxygen atoms in total. The van der Waals surface area contributed by atoms with Crippen LogP contribution in [0.3, 0.4) is 0 Å². The molecule has 5 heteroatoms. The Morgan fingerprint density at radius 1 is 1.17 bits per heavy atom. The highest BCUT2D eigenvalue weighted by Gasteiger charge is 2.25. The maximum atomic E-state index is 12.7. The predicted octanol–water partition coefficient (Wildman–Crippen LogP) is 2.92. The zero-order valence-corrected chi connectivity index (χ0v) is 13.7. The van der Waals surface area contributed by atoms with Gasteiger partial charge in [-0.2, -0.15) is 5.10 Å². The van der Waals surface area contributed by atoms with Crippen LogP contribution in [0, 0.1) is 5.92 Å². The van der Waals surface area contributed by atoms with Gasteiger partial charge in [-0.3, -0.25) is 4.79 Å². The summed E-state index contributed by atoms with van der Waals surface area (Å²) < 4.78 is 1.88. The van der Waals surface area contributed by atoms with Crippen LogP contribution in [0.5, 0.6) is 0 Å². The molecule has 0 bridgehead atoms. The quantitative estimate of drug-likeness (QED) is 0.927. The Morgan fingerprint density at radius 2 is 2.00 bits per heavy atom. The fourth-order valence-electron chi connectivity index (χ4n) is 4.03. The van der Waals surface area contributed by atoms with Crippen molar-refractivity contribution in [2.24, 2.45) is 5.92 Å². The Labute approximate surface area is 136 Å². The summed E-state index contributed by atoms with van der Waals surface area (Å²) in [4.78, 5) is 17.2.